The molecule has 0 aliphatic heterocycles. The minimum Gasteiger partial charge on any atom is -0.316 e. The average molecular weight is 452 g/mol. The van der Waals surface area contributed by atoms with Crippen LogP contribution in [0.1, 0.15) is 48.2 Å². The van der Waals surface area contributed by atoms with E-state index in [9.17, 15) is 13.2 Å². The molecule has 0 fully saturated rings. The number of unbranched alkanes of at least 4 members (excludes halogenated alkanes) is 3. The lowest BCUT2D eigenvalue weighted by Gasteiger charge is -2.22. The lowest BCUT2D eigenvalue weighted by Crippen LogP contribution is -2.34. The molecule has 166 valence electrons. The summed E-state index contributed by atoms with van der Waals surface area (Å²) in [6.07, 6.45) is 10.1. The molecule has 30 heavy (non-hydrogen) atoms. The molecule has 0 saturated heterocycles. The number of hydrogen-bond acceptors (Lipinski definition) is 6. The second-order valence-electron chi connectivity index (χ2n) is 8.14. The highest BCUT2D eigenvalue weighted by molar-refractivity contribution is 7.90. The monoisotopic (exact) mass is 451 g/mol. The maximum absolute atomic E-state index is 11.5. The lowest BCUT2D eigenvalue weighted by molar-refractivity contribution is 0.447. The van der Waals surface area contributed by atoms with E-state index < -0.39 is 9.84 Å². The fourth-order valence-corrected chi connectivity index (χ4v) is 5.46. The lowest BCUT2D eigenvalue weighted by atomic mass is 9.97. The number of sulfone groups is 1. The van der Waals surface area contributed by atoms with Crippen LogP contribution in [-0.2, 0) is 29.1 Å². The van der Waals surface area contributed by atoms with Crippen molar-refractivity contribution in [1.82, 2.24) is 15.6 Å². The highest BCUT2D eigenvalue weighted by atomic mass is 32.2. The van der Waals surface area contributed by atoms with Crippen LogP contribution in [0.3, 0.4) is 0 Å². The maximum atomic E-state index is 11.5. The predicted molar refractivity (Wildman–Crippen MR) is 123 cm³/mol. The van der Waals surface area contributed by atoms with Gasteiger partial charge in [-0.25, -0.2) is 8.42 Å². The zero-order valence-corrected chi connectivity index (χ0v) is 19.3. The number of fused-ring (bicyclic) bond motifs is 1. The van der Waals surface area contributed by atoms with E-state index in [4.69, 9.17) is 0 Å². The van der Waals surface area contributed by atoms with Crippen molar-refractivity contribution in [2.45, 2.75) is 62.3 Å². The number of benzene rings is 1. The minimum absolute atomic E-state index is 0.0825. The molecule has 1 aromatic carbocycles. The second-order valence-corrected chi connectivity index (χ2v) is 11.2. The molecule has 6 nitrogen and oxygen atoms in total. The van der Waals surface area contributed by atoms with Gasteiger partial charge in [-0.2, -0.15) is 0 Å². The van der Waals surface area contributed by atoms with Crippen molar-refractivity contribution in [3.63, 3.8) is 0 Å². The van der Waals surface area contributed by atoms with Crippen LogP contribution in [0.5, 0.6) is 0 Å². The summed E-state index contributed by atoms with van der Waals surface area (Å²) in [5.41, 5.74) is 2.31. The van der Waals surface area contributed by atoms with Gasteiger partial charge >= 0.3 is 4.87 Å². The van der Waals surface area contributed by atoms with E-state index in [1.165, 1.54) is 48.2 Å². The van der Waals surface area contributed by atoms with Gasteiger partial charge in [0.2, 0.25) is 0 Å². The van der Waals surface area contributed by atoms with E-state index in [-0.39, 0.29) is 4.87 Å². The molecule has 0 saturated carbocycles. The fourth-order valence-electron chi connectivity index (χ4n) is 3.87. The Labute approximate surface area is 183 Å². The Hall–Kier alpha value is -1.48. The van der Waals surface area contributed by atoms with Gasteiger partial charge in [0.25, 0.3) is 0 Å². The quantitative estimate of drug-likeness (QED) is 0.432. The summed E-state index contributed by atoms with van der Waals surface area (Å²) in [7, 11) is -3.11. The molecule has 3 rings (SSSR count). The minimum atomic E-state index is -3.11. The topological polar surface area (TPSA) is 91.1 Å². The first kappa shape index (κ1) is 23.2. The SMILES string of the molecule is CS(=O)(=O)c1ccc(CCNCCCCCCNC2CCc3[nH]c(=O)sc3C2)cc1. The van der Waals surface area contributed by atoms with Gasteiger partial charge in [-0.3, -0.25) is 4.79 Å². The number of H-pyrrole nitrogens is 1. The summed E-state index contributed by atoms with van der Waals surface area (Å²) in [5.74, 6) is 0. The number of thiazole rings is 1. The third-order valence-electron chi connectivity index (χ3n) is 5.64. The van der Waals surface area contributed by atoms with Crippen LogP contribution in [0.25, 0.3) is 0 Å². The van der Waals surface area contributed by atoms with E-state index in [1.807, 2.05) is 12.1 Å². The molecule has 1 atom stereocenters. The van der Waals surface area contributed by atoms with Gasteiger partial charge in [-0.1, -0.05) is 36.3 Å². The zero-order chi connectivity index (χ0) is 21.4. The summed E-state index contributed by atoms with van der Waals surface area (Å²) in [4.78, 5) is 16.1. The van der Waals surface area contributed by atoms with Crippen molar-refractivity contribution in [3.8, 4) is 0 Å². The standard InChI is InChI=1S/C22H33N3O3S2/c1-30(27,28)19-9-6-17(7-10-19)12-15-23-13-4-2-3-5-14-24-18-8-11-20-21(16-18)29-22(26)25-20/h6-7,9-10,18,23-24H,2-5,8,11-16H2,1H3,(H,25,26). The van der Waals surface area contributed by atoms with E-state index in [0.29, 0.717) is 10.9 Å². The molecule has 1 unspecified atom stereocenters. The molecule has 0 spiro atoms. The Bertz CT molecular complexity index is 949. The summed E-state index contributed by atoms with van der Waals surface area (Å²) in [6, 6.07) is 7.68. The van der Waals surface area contributed by atoms with Crippen molar-refractivity contribution >= 4 is 21.2 Å². The summed E-state index contributed by atoms with van der Waals surface area (Å²) in [5, 5.41) is 7.12. The fraction of sp³-hybridized carbons (Fsp3) is 0.591. The Morgan fingerprint density at radius 1 is 1.07 bits per heavy atom. The Morgan fingerprint density at radius 2 is 1.80 bits per heavy atom. The number of aromatic amines is 1. The van der Waals surface area contributed by atoms with Crippen molar-refractivity contribution in [1.29, 1.82) is 0 Å². The first-order valence-electron chi connectivity index (χ1n) is 10.9. The van der Waals surface area contributed by atoms with Gasteiger partial charge in [0.1, 0.15) is 0 Å². The highest BCUT2D eigenvalue weighted by Gasteiger charge is 2.20. The van der Waals surface area contributed by atoms with Gasteiger partial charge in [0.05, 0.1) is 4.90 Å². The Kier molecular flexibility index (Phi) is 8.68. The summed E-state index contributed by atoms with van der Waals surface area (Å²) >= 11 is 1.37. The van der Waals surface area contributed by atoms with Crippen LogP contribution in [0.2, 0.25) is 0 Å². The van der Waals surface area contributed by atoms with Crippen LogP contribution < -0.4 is 15.5 Å². The third kappa shape index (κ3) is 7.34. The van der Waals surface area contributed by atoms with Crippen LogP contribution >= 0.6 is 11.3 Å². The molecule has 3 N–H and O–H groups in total. The molecule has 0 amide bonds. The van der Waals surface area contributed by atoms with Crippen LogP contribution in [0.15, 0.2) is 34.0 Å². The highest BCUT2D eigenvalue weighted by Crippen LogP contribution is 2.21. The molecule has 8 heteroatoms. The maximum Gasteiger partial charge on any atom is 0.304 e. The van der Waals surface area contributed by atoms with Gasteiger partial charge in [0, 0.05) is 22.9 Å². The molecule has 1 aromatic heterocycles. The van der Waals surface area contributed by atoms with Gasteiger partial charge in [-0.15, -0.1) is 0 Å². The number of aromatic nitrogens is 1. The number of nitrogens with one attached hydrogen (secondary N) is 3. The largest absolute Gasteiger partial charge is 0.316 e. The molecular weight excluding hydrogens is 418 g/mol. The molecule has 1 aliphatic rings. The molecular formula is C22H33N3O3S2. The summed E-state index contributed by atoms with van der Waals surface area (Å²) < 4.78 is 22.9. The number of hydrogen-bond donors (Lipinski definition) is 3. The van der Waals surface area contributed by atoms with Gasteiger partial charge in [0.15, 0.2) is 9.84 Å². The summed E-state index contributed by atoms with van der Waals surface area (Å²) in [6.45, 7) is 2.98. The number of aryl methyl sites for hydroxylation is 1. The molecule has 2 aromatic rings. The Morgan fingerprint density at radius 3 is 2.53 bits per heavy atom. The average Bonchev–Trinajstić information content (AvgIpc) is 3.08. The normalized spacial score (nSPS) is 16.5. The van der Waals surface area contributed by atoms with Crippen molar-refractivity contribution < 1.29 is 8.42 Å². The van der Waals surface area contributed by atoms with Gasteiger partial charge in [-0.05, 0) is 75.9 Å². The molecule has 1 aliphatic carbocycles. The Balaban J connectivity index is 1.17. The molecule has 0 radical (unpaired) electrons. The van der Waals surface area contributed by atoms with Gasteiger partial charge < -0.3 is 15.6 Å². The van der Waals surface area contributed by atoms with E-state index in [2.05, 4.69) is 15.6 Å². The zero-order valence-electron chi connectivity index (χ0n) is 17.7. The van der Waals surface area contributed by atoms with Crippen LogP contribution in [0.4, 0.5) is 0 Å². The number of rotatable bonds is 12. The van der Waals surface area contributed by atoms with E-state index in [0.717, 1.165) is 56.6 Å². The molecule has 1 heterocycles. The smallest absolute Gasteiger partial charge is 0.304 e. The molecule has 0 bridgehead atoms. The van der Waals surface area contributed by atoms with Crippen LogP contribution in [-0.4, -0.2) is 45.3 Å². The third-order valence-corrected chi connectivity index (χ3v) is 7.71. The second kappa shape index (κ2) is 11.2. The van der Waals surface area contributed by atoms with Crippen molar-refractivity contribution in [3.05, 3.63) is 50.1 Å². The van der Waals surface area contributed by atoms with Crippen molar-refractivity contribution in [2.75, 3.05) is 25.9 Å². The van der Waals surface area contributed by atoms with Crippen LogP contribution in [0, 0.1) is 0 Å². The van der Waals surface area contributed by atoms with E-state index >= 15 is 0 Å². The van der Waals surface area contributed by atoms with Crippen molar-refractivity contribution in [2.24, 2.45) is 0 Å². The predicted octanol–water partition coefficient (Wildman–Crippen LogP) is 2.68. The van der Waals surface area contributed by atoms with E-state index in [1.54, 1.807) is 12.1 Å². The first-order valence-corrected chi connectivity index (χ1v) is 13.6. The first-order chi connectivity index (χ1) is 14.4.